The summed E-state index contributed by atoms with van der Waals surface area (Å²) in [4.78, 5) is 43.8. The van der Waals surface area contributed by atoms with Crippen LogP contribution in [-0.4, -0.2) is 28.7 Å². The Bertz CT molecular complexity index is 1060. The number of furan rings is 1. The largest absolute Gasteiger partial charge is 0.467 e. The van der Waals surface area contributed by atoms with Gasteiger partial charge in [0.2, 0.25) is 11.8 Å². The standard InChI is InChI=1S/C26H27IN2O4/c27-19-3-5-20(6-4-19)29-23(30)11-22(24(29)31)28(15-21-2-1-7-33-21)25(32)26-12-16-8-17(13-26)10-18(9-16)14-26/h1-7,16-18,22H,8-15H2. The van der Waals surface area contributed by atoms with Crippen LogP contribution in [0.15, 0.2) is 47.1 Å². The van der Waals surface area contributed by atoms with Gasteiger partial charge < -0.3 is 9.32 Å². The molecule has 1 aliphatic heterocycles. The van der Waals surface area contributed by atoms with Crippen LogP contribution in [0.1, 0.15) is 50.7 Å². The van der Waals surface area contributed by atoms with E-state index in [1.54, 1.807) is 29.4 Å². The van der Waals surface area contributed by atoms with Crippen LogP contribution in [0.5, 0.6) is 0 Å². The zero-order valence-electron chi connectivity index (χ0n) is 18.4. The van der Waals surface area contributed by atoms with E-state index in [0.717, 1.165) is 22.8 Å². The van der Waals surface area contributed by atoms with Crippen molar-refractivity contribution in [3.8, 4) is 0 Å². The van der Waals surface area contributed by atoms with Crippen molar-refractivity contribution >= 4 is 46.0 Å². The van der Waals surface area contributed by atoms with Gasteiger partial charge in [0.25, 0.3) is 5.91 Å². The second-order valence-electron chi connectivity index (χ2n) is 10.5. The summed E-state index contributed by atoms with van der Waals surface area (Å²) in [6.45, 7) is 0.220. The lowest BCUT2D eigenvalue weighted by atomic mass is 9.49. The van der Waals surface area contributed by atoms with E-state index in [0.29, 0.717) is 29.2 Å². The Morgan fingerprint density at radius 2 is 1.67 bits per heavy atom. The zero-order valence-corrected chi connectivity index (χ0v) is 20.6. The molecule has 2 heterocycles. The van der Waals surface area contributed by atoms with Crippen molar-refractivity contribution in [3.05, 3.63) is 52.0 Å². The molecule has 1 saturated heterocycles. The molecule has 0 spiro atoms. The fourth-order valence-electron chi connectivity index (χ4n) is 7.29. The van der Waals surface area contributed by atoms with Crippen LogP contribution in [0.3, 0.4) is 0 Å². The summed E-state index contributed by atoms with van der Waals surface area (Å²) >= 11 is 2.20. The van der Waals surface area contributed by atoms with Crippen LogP contribution in [-0.2, 0) is 20.9 Å². The molecular weight excluding hydrogens is 531 g/mol. The lowest BCUT2D eigenvalue weighted by Gasteiger charge is -2.56. The fourth-order valence-corrected chi connectivity index (χ4v) is 7.65. The van der Waals surface area contributed by atoms with Crippen LogP contribution in [0.4, 0.5) is 5.69 Å². The maximum Gasteiger partial charge on any atom is 0.257 e. The van der Waals surface area contributed by atoms with E-state index in [1.807, 2.05) is 18.2 Å². The van der Waals surface area contributed by atoms with Gasteiger partial charge in [-0.05, 0) is 115 Å². The van der Waals surface area contributed by atoms with Gasteiger partial charge in [0.15, 0.2) is 0 Å². The predicted octanol–water partition coefficient (Wildman–Crippen LogP) is 4.76. The average Bonchev–Trinajstić information content (AvgIpc) is 3.39. The highest BCUT2D eigenvalue weighted by Gasteiger charge is 2.57. The van der Waals surface area contributed by atoms with E-state index >= 15 is 0 Å². The number of carbonyl (C=O) groups is 3. The number of hydrogen-bond acceptors (Lipinski definition) is 4. The van der Waals surface area contributed by atoms with E-state index in [4.69, 9.17) is 4.42 Å². The molecule has 6 nitrogen and oxygen atoms in total. The summed E-state index contributed by atoms with van der Waals surface area (Å²) in [5.74, 6) is 1.98. The van der Waals surface area contributed by atoms with Gasteiger partial charge in [0, 0.05) is 3.57 Å². The SMILES string of the molecule is O=C1CC(N(Cc2ccco2)C(=O)C23CC4CC(CC(C4)C2)C3)C(=O)N1c1ccc(I)cc1. The van der Waals surface area contributed by atoms with Gasteiger partial charge in [-0.3, -0.25) is 14.4 Å². The molecule has 2 aromatic rings. The van der Waals surface area contributed by atoms with E-state index in [9.17, 15) is 14.4 Å². The molecule has 0 radical (unpaired) electrons. The third-order valence-electron chi connectivity index (χ3n) is 8.24. The summed E-state index contributed by atoms with van der Waals surface area (Å²) in [5, 5.41) is 0. The molecule has 1 unspecified atom stereocenters. The Labute approximate surface area is 206 Å². The van der Waals surface area contributed by atoms with E-state index < -0.39 is 6.04 Å². The third-order valence-corrected chi connectivity index (χ3v) is 8.96. The number of rotatable bonds is 5. The summed E-state index contributed by atoms with van der Waals surface area (Å²) in [7, 11) is 0. The number of imide groups is 1. The zero-order chi connectivity index (χ0) is 22.7. The normalized spacial score (nSPS) is 32.6. The van der Waals surface area contributed by atoms with E-state index in [-0.39, 0.29) is 36.1 Å². The molecule has 4 saturated carbocycles. The summed E-state index contributed by atoms with van der Waals surface area (Å²) < 4.78 is 6.61. The van der Waals surface area contributed by atoms with Crippen molar-refractivity contribution < 1.29 is 18.8 Å². The van der Waals surface area contributed by atoms with Gasteiger partial charge in [0.05, 0.1) is 30.3 Å². The lowest BCUT2D eigenvalue weighted by Crippen LogP contribution is -2.57. The van der Waals surface area contributed by atoms with Crippen LogP contribution < -0.4 is 4.90 Å². The fraction of sp³-hybridized carbons (Fsp3) is 0.500. The topological polar surface area (TPSA) is 70.8 Å². The highest BCUT2D eigenvalue weighted by Crippen LogP contribution is 2.60. The molecule has 7 heteroatoms. The molecule has 5 fully saturated rings. The van der Waals surface area contributed by atoms with Crippen LogP contribution in [0, 0.1) is 26.7 Å². The Morgan fingerprint density at radius 3 is 2.24 bits per heavy atom. The molecule has 5 aliphatic rings. The molecule has 1 atom stereocenters. The van der Waals surface area contributed by atoms with Gasteiger partial charge >= 0.3 is 0 Å². The van der Waals surface area contributed by atoms with Crippen molar-refractivity contribution in [1.29, 1.82) is 0 Å². The Balaban J connectivity index is 1.33. The molecule has 4 aliphatic carbocycles. The molecule has 3 amide bonds. The van der Waals surface area contributed by atoms with Crippen LogP contribution in [0.2, 0.25) is 0 Å². The number of anilines is 1. The van der Waals surface area contributed by atoms with Crippen molar-refractivity contribution in [2.45, 2.75) is 57.5 Å². The van der Waals surface area contributed by atoms with Crippen molar-refractivity contribution in [2.75, 3.05) is 4.90 Å². The van der Waals surface area contributed by atoms with Crippen molar-refractivity contribution in [3.63, 3.8) is 0 Å². The first kappa shape index (κ1) is 21.4. The number of halogens is 1. The molecule has 1 aromatic carbocycles. The van der Waals surface area contributed by atoms with Crippen molar-refractivity contribution in [1.82, 2.24) is 4.90 Å². The second-order valence-corrected chi connectivity index (χ2v) is 11.7. The monoisotopic (exact) mass is 558 g/mol. The van der Waals surface area contributed by atoms with Gasteiger partial charge in [-0.25, -0.2) is 4.90 Å². The summed E-state index contributed by atoms with van der Waals surface area (Å²) in [6, 6.07) is 10.2. The summed E-state index contributed by atoms with van der Waals surface area (Å²) in [5.41, 5.74) is 0.175. The van der Waals surface area contributed by atoms with Gasteiger partial charge in [-0.2, -0.15) is 0 Å². The molecule has 33 heavy (non-hydrogen) atoms. The minimum absolute atomic E-state index is 0.0175. The molecule has 4 bridgehead atoms. The first-order valence-corrected chi connectivity index (χ1v) is 13.0. The maximum absolute atomic E-state index is 14.3. The minimum atomic E-state index is -0.789. The van der Waals surface area contributed by atoms with E-state index in [1.165, 1.54) is 24.2 Å². The summed E-state index contributed by atoms with van der Waals surface area (Å²) in [6.07, 6.45) is 8.09. The average molecular weight is 558 g/mol. The number of carbonyl (C=O) groups excluding carboxylic acids is 3. The van der Waals surface area contributed by atoms with Crippen molar-refractivity contribution in [2.24, 2.45) is 23.2 Å². The third kappa shape index (κ3) is 3.63. The second kappa shape index (κ2) is 7.96. The molecule has 7 rings (SSSR count). The highest BCUT2D eigenvalue weighted by atomic mass is 127. The number of amides is 3. The number of benzene rings is 1. The number of nitrogens with zero attached hydrogens (tertiary/aromatic N) is 2. The highest BCUT2D eigenvalue weighted by molar-refractivity contribution is 14.1. The van der Waals surface area contributed by atoms with Gasteiger partial charge in [-0.15, -0.1) is 0 Å². The van der Waals surface area contributed by atoms with Crippen LogP contribution >= 0.6 is 22.6 Å². The van der Waals surface area contributed by atoms with Crippen LogP contribution in [0.25, 0.3) is 0 Å². The predicted molar refractivity (Wildman–Crippen MR) is 130 cm³/mol. The lowest BCUT2D eigenvalue weighted by molar-refractivity contribution is -0.162. The first-order chi connectivity index (χ1) is 15.9. The Kier molecular flexibility index (Phi) is 5.16. The Hall–Kier alpha value is -2.16. The molecule has 0 N–H and O–H groups in total. The van der Waals surface area contributed by atoms with E-state index in [2.05, 4.69) is 22.6 Å². The van der Waals surface area contributed by atoms with Gasteiger partial charge in [-0.1, -0.05) is 0 Å². The Morgan fingerprint density at radius 1 is 1.03 bits per heavy atom. The molecule has 172 valence electrons. The molecule has 1 aromatic heterocycles. The molecular formula is C26H27IN2O4. The van der Waals surface area contributed by atoms with Gasteiger partial charge in [0.1, 0.15) is 11.8 Å². The maximum atomic E-state index is 14.3. The first-order valence-electron chi connectivity index (χ1n) is 11.9. The minimum Gasteiger partial charge on any atom is -0.467 e. The quantitative estimate of drug-likeness (QED) is 0.392. The smallest absolute Gasteiger partial charge is 0.257 e. The number of hydrogen-bond donors (Lipinski definition) is 0.